The molecule has 0 aromatic heterocycles. The molecule has 0 unspecified atom stereocenters. The first-order valence-corrected chi connectivity index (χ1v) is 7.75. The maximum absolute atomic E-state index is 11.9. The van der Waals surface area contributed by atoms with Crippen molar-refractivity contribution in [2.24, 2.45) is 0 Å². The largest absolute Gasteiger partial charge is 0.411 e. The number of carbonyl (C=O) groups is 1. The van der Waals surface area contributed by atoms with E-state index < -0.39 is 12.8 Å². The molecule has 1 heterocycles. The number of hydrogen-bond donors (Lipinski definition) is 0. The Morgan fingerprint density at radius 3 is 2.60 bits per heavy atom. The van der Waals surface area contributed by atoms with Gasteiger partial charge < -0.3 is 14.5 Å². The lowest BCUT2D eigenvalue weighted by molar-refractivity contribution is -0.175. The maximum Gasteiger partial charge on any atom is 0.411 e. The molecule has 4 nitrogen and oxygen atoms in total. The van der Waals surface area contributed by atoms with E-state index in [0.717, 1.165) is 31.4 Å². The molecule has 0 aliphatic carbocycles. The minimum absolute atomic E-state index is 0.00846. The van der Waals surface area contributed by atoms with Crippen molar-refractivity contribution in [1.29, 1.82) is 0 Å². The summed E-state index contributed by atoms with van der Waals surface area (Å²) in [4.78, 5) is 15.9. The zero-order valence-electron chi connectivity index (χ0n) is 11.3. The van der Waals surface area contributed by atoms with Crippen molar-refractivity contribution in [3.63, 3.8) is 0 Å². The van der Waals surface area contributed by atoms with Gasteiger partial charge in [-0.15, -0.1) is 0 Å². The summed E-state index contributed by atoms with van der Waals surface area (Å²) >= 11 is 3.38. The second kappa shape index (κ2) is 8.84. The summed E-state index contributed by atoms with van der Waals surface area (Å²) in [7, 11) is 0. The van der Waals surface area contributed by atoms with Crippen LogP contribution < -0.4 is 0 Å². The molecule has 20 heavy (non-hydrogen) atoms. The molecular formula is C12H20BrF3N2O2. The molecule has 0 atom stereocenters. The van der Waals surface area contributed by atoms with Gasteiger partial charge in [-0.2, -0.15) is 13.2 Å². The van der Waals surface area contributed by atoms with Crippen molar-refractivity contribution in [2.75, 3.05) is 51.3 Å². The highest BCUT2D eigenvalue weighted by Gasteiger charge is 2.27. The van der Waals surface area contributed by atoms with Crippen LogP contribution in [0.4, 0.5) is 13.2 Å². The van der Waals surface area contributed by atoms with E-state index in [1.807, 2.05) is 0 Å². The highest BCUT2D eigenvalue weighted by atomic mass is 79.9. The van der Waals surface area contributed by atoms with Crippen molar-refractivity contribution in [3.05, 3.63) is 0 Å². The number of alkyl halides is 4. The number of amides is 1. The first kappa shape index (κ1) is 17.7. The third kappa shape index (κ3) is 7.44. The monoisotopic (exact) mass is 360 g/mol. The quantitative estimate of drug-likeness (QED) is 0.535. The number of nitrogens with zero attached hydrogens (tertiary/aromatic N) is 2. The normalized spacial score (nSPS) is 18.1. The lowest BCUT2D eigenvalue weighted by atomic mass is 10.3. The Hall–Kier alpha value is -0.340. The summed E-state index contributed by atoms with van der Waals surface area (Å²) in [5.74, 6) is -0.132. The van der Waals surface area contributed by atoms with E-state index in [0.29, 0.717) is 13.1 Å². The van der Waals surface area contributed by atoms with E-state index in [2.05, 4.69) is 25.6 Å². The zero-order chi connectivity index (χ0) is 15.0. The van der Waals surface area contributed by atoms with Gasteiger partial charge in [0.1, 0.15) is 6.61 Å². The van der Waals surface area contributed by atoms with Crippen LogP contribution in [0.3, 0.4) is 0 Å². The van der Waals surface area contributed by atoms with Crippen LogP contribution in [0.25, 0.3) is 0 Å². The Bertz CT molecular complexity index is 303. The topological polar surface area (TPSA) is 32.8 Å². The van der Waals surface area contributed by atoms with E-state index in [4.69, 9.17) is 0 Å². The fourth-order valence-electron chi connectivity index (χ4n) is 2.07. The average molecular weight is 361 g/mol. The molecule has 0 aromatic rings. The molecule has 0 spiro atoms. The smallest absolute Gasteiger partial charge is 0.372 e. The third-order valence-corrected chi connectivity index (χ3v) is 3.42. The van der Waals surface area contributed by atoms with E-state index in [1.54, 1.807) is 4.90 Å². The molecule has 0 bridgehead atoms. The van der Waals surface area contributed by atoms with Gasteiger partial charge in [0.25, 0.3) is 0 Å². The Labute approximate surface area is 125 Å². The standard InChI is InChI=1S/C12H20BrF3N2O2/c13-3-6-17-4-1-5-18(8-7-17)11(19)2-9-20-10-12(14,15)16/h1-10H2. The summed E-state index contributed by atoms with van der Waals surface area (Å²) in [6, 6.07) is 0. The van der Waals surface area contributed by atoms with Gasteiger partial charge in [0.15, 0.2) is 0 Å². The molecule has 0 saturated carbocycles. The van der Waals surface area contributed by atoms with Crippen LogP contribution in [-0.2, 0) is 9.53 Å². The molecule has 1 aliphatic rings. The Balaban J connectivity index is 2.22. The second-order valence-electron chi connectivity index (χ2n) is 4.68. The van der Waals surface area contributed by atoms with E-state index in [-0.39, 0.29) is 18.9 Å². The summed E-state index contributed by atoms with van der Waals surface area (Å²) in [5, 5.41) is 0.895. The highest BCUT2D eigenvalue weighted by molar-refractivity contribution is 9.09. The van der Waals surface area contributed by atoms with Crippen LogP contribution >= 0.6 is 15.9 Å². The summed E-state index contributed by atoms with van der Waals surface area (Å²) in [5.41, 5.74) is 0. The zero-order valence-corrected chi connectivity index (χ0v) is 12.9. The third-order valence-electron chi connectivity index (χ3n) is 3.07. The summed E-state index contributed by atoms with van der Waals surface area (Å²) < 4.78 is 40.1. The van der Waals surface area contributed by atoms with Crippen LogP contribution in [0.5, 0.6) is 0 Å². The van der Waals surface area contributed by atoms with Crippen LogP contribution in [0, 0.1) is 0 Å². The van der Waals surface area contributed by atoms with Crippen LogP contribution in [0.2, 0.25) is 0 Å². The van der Waals surface area contributed by atoms with Gasteiger partial charge >= 0.3 is 6.18 Å². The van der Waals surface area contributed by atoms with E-state index in [9.17, 15) is 18.0 Å². The lowest BCUT2D eigenvalue weighted by Gasteiger charge is -2.21. The molecule has 1 saturated heterocycles. The van der Waals surface area contributed by atoms with E-state index in [1.165, 1.54) is 0 Å². The number of rotatable bonds is 6. The first-order chi connectivity index (χ1) is 9.42. The van der Waals surface area contributed by atoms with Crippen LogP contribution in [0.1, 0.15) is 12.8 Å². The number of carbonyl (C=O) groups excluding carboxylic acids is 1. The molecule has 8 heteroatoms. The number of hydrogen-bond acceptors (Lipinski definition) is 3. The van der Waals surface area contributed by atoms with Crippen molar-refractivity contribution in [3.8, 4) is 0 Å². The number of ether oxygens (including phenoxy) is 1. The number of halogens is 4. The van der Waals surface area contributed by atoms with Gasteiger partial charge in [0.2, 0.25) is 5.91 Å². The molecule has 118 valence electrons. The molecule has 1 rings (SSSR count). The summed E-state index contributed by atoms with van der Waals surface area (Å²) in [6.07, 6.45) is -3.43. The van der Waals surface area contributed by atoms with Crippen LogP contribution in [0.15, 0.2) is 0 Å². The Morgan fingerprint density at radius 2 is 1.95 bits per heavy atom. The van der Waals surface area contributed by atoms with Gasteiger partial charge in [0, 0.05) is 31.5 Å². The molecule has 1 aliphatic heterocycles. The predicted molar refractivity (Wildman–Crippen MR) is 72.9 cm³/mol. The lowest BCUT2D eigenvalue weighted by Crippen LogP contribution is -2.36. The van der Waals surface area contributed by atoms with Crippen molar-refractivity contribution < 1.29 is 22.7 Å². The molecule has 0 N–H and O–H groups in total. The Kier molecular flexibility index (Phi) is 7.83. The molecule has 0 radical (unpaired) electrons. The SMILES string of the molecule is O=C(CCOCC(F)(F)F)N1CCCN(CCBr)CC1. The van der Waals surface area contributed by atoms with Crippen molar-refractivity contribution >= 4 is 21.8 Å². The molecular weight excluding hydrogens is 341 g/mol. The summed E-state index contributed by atoms with van der Waals surface area (Å²) in [6.45, 7) is 2.51. The molecule has 1 amide bonds. The molecule has 1 fully saturated rings. The van der Waals surface area contributed by atoms with Gasteiger partial charge in [-0.1, -0.05) is 15.9 Å². The minimum atomic E-state index is -4.33. The Morgan fingerprint density at radius 1 is 1.20 bits per heavy atom. The fourth-order valence-corrected chi connectivity index (χ4v) is 2.57. The predicted octanol–water partition coefficient (Wildman–Crippen LogP) is 1.88. The van der Waals surface area contributed by atoms with Gasteiger partial charge in [-0.25, -0.2) is 0 Å². The maximum atomic E-state index is 11.9. The van der Waals surface area contributed by atoms with Gasteiger partial charge in [-0.3, -0.25) is 4.79 Å². The van der Waals surface area contributed by atoms with Gasteiger partial charge in [0.05, 0.1) is 13.0 Å². The average Bonchev–Trinajstić information content (AvgIpc) is 2.59. The second-order valence-corrected chi connectivity index (χ2v) is 5.48. The first-order valence-electron chi connectivity index (χ1n) is 6.63. The van der Waals surface area contributed by atoms with Crippen molar-refractivity contribution in [2.45, 2.75) is 19.0 Å². The van der Waals surface area contributed by atoms with Crippen molar-refractivity contribution in [1.82, 2.24) is 9.80 Å². The highest BCUT2D eigenvalue weighted by Crippen LogP contribution is 2.14. The van der Waals surface area contributed by atoms with Crippen LogP contribution in [-0.4, -0.2) is 73.2 Å². The van der Waals surface area contributed by atoms with E-state index >= 15 is 0 Å². The molecule has 0 aromatic carbocycles. The fraction of sp³-hybridized carbons (Fsp3) is 0.917. The van der Waals surface area contributed by atoms with Gasteiger partial charge in [-0.05, 0) is 13.0 Å². The minimum Gasteiger partial charge on any atom is -0.372 e.